The summed E-state index contributed by atoms with van der Waals surface area (Å²) in [4.78, 5) is 0. The van der Waals surface area contributed by atoms with Gasteiger partial charge in [-0.2, -0.15) is 0 Å². The Labute approximate surface area is 130 Å². The lowest BCUT2D eigenvalue weighted by atomic mass is 10.1. The summed E-state index contributed by atoms with van der Waals surface area (Å²) < 4.78 is 25.3. The second-order valence-electron chi connectivity index (χ2n) is 4.84. The van der Waals surface area contributed by atoms with Gasteiger partial charge in [-0.15, -0.1) is 0 Å². The standard InChI is InChI=1S/C15H17ClN2O2S/c1-11(12-6-5-7-13(16)10-12)17-14-8-3-4-9-15(14)18-21(2,19)20/h3-11,17-18H,1-2H3. The highest BCUT2D eigenvalue weighted by Crippen LogP contribution is 2.27. The predicted molar refractivity (Wildman–Crippen MR) is 88.4 cm³/mol. The zero-order chi connectivity index (χ0) is 15.5. The van der Waals surface area contributed by atoms with E-state index < -0.39 is 10.0 Å². The average molecular weight is 325 g/mol. The van der Waals surface area contributed by atoms with E-state index in [-0.39, 0.29) is 6.04 Å². The Hall–Kier alpha value is -1.72. The number of sulfonamides is 1. The Balaban J connectivity index is 2.23. The molecule has 6 heteroatoms. The molecule has 0 saturated heterocycles. The van der Waals surface area contributed by atoms with Crippen molar-refractivity contribution >= 4 is 33.0 Å². The van der Waals surface area contributed by atoms with Crippen molar-refractivity contribution in [2.24, 2.45) is 0 Å². The van der Waals surface area contributed by atoms with Crippen LogP contribution in [-0.4, -0.2) is 14.7 Å². The van der Waals surface area contributed by atoms with E-state index in [1.807, 2.05) is 43.3 Å². The lowest BCUT2D eigenvalue weighted by Gasteiger charge is -2.19. The molecule has 112 valence electrons. The van der Waals surface area contributed by atoms with Gasteiger partial charge in [0.05, 0.1) is 17.6 Å². The maximum atomic E-state index is 11.4. The van der Waals surface area contributed by atoms with E-state index in [0.717, 1.165) is 17.5 Å². The highest BCUT2D eigenvalue weighted by Gasteiger charge is 2.10. The lowest BCUT2D eigenvalue weighted by molar-refractivity contribution is 0.607. The summed E-state index contributed by atoms with van der Waals surface area (Å²) in [5, 5.41) is 3.96. The third kappa shape index (κ3) is 4.65. The van der Waals surface area contributed by atoms with Crippen molar-refractivity contribution in [2.45, 2.75) is 13.0 Å². The number of benzene rings is 2. The van der Waals surface area contributed by atoms with Crippen LogP contribution in [0, 0.1) is 0 Å². The zero-order valence-corrected chi connectivity index (χ0v) is 13.4. The molecule has 0 amide bonds. The maximum absolute atomic E-state index is 11.4. The van der Waals surface area contributed by atoms with Crippen LogP contribution >= 0.6 is 11.6 Å². The Morgan fingerprint density at radius 3 is 2.33 bits per heavy atom. The second kappa shape index (κ2) is 6.37. The van der Waals surface area contributed by atoms with Crippen molar-refractivity contribution in [3.63, 3.8) is 0 Å². The van der Waals surface area contributed by atoms with Gasteiger partial charge in [-0.25, -0.2) is 8.42 Å². The SMILES string of the molecule is CC(Nc1ccccc1NS(C)(=O)=O)c1cccc(Cl)c1. The Bertz CT molecular complexity index is 732. The number of halogens is 1. The van der Waals surface area contributed by atoms with E-state index in [1.54, 1.807) is 12.1 Å². The lowest BCUT2D eigenvalue weighted by Crippen LogP contribution is -2.13. The molecule has 0 aromatic heterocycles. The van der Waals surface area contributed by atoms with E-state index in [0.29, 0.717) is 10.7 Å². The molecule has 1 atom stereocenters. The molecule has 2 N–H and O–H groups in total. The van der Waals surface area contributed by atoms with Gasteiger partial charge in [-0.3, -0.25) is 4.72 Å². The van der Waals surface area contributed by atoms with E-state index in [9.17, 15) is 8.42 Å². The van der Waals surface area contributed by atoms with Crippen LogP contribution in [0.3, 0.4) is 0 Å². The molecule has 21 heavy (non-hydrogen) atoms. The van der Waals surface area contributed by atoms with Crippen LogP contribution in [0.1, 0.15) is 18.5 Å². The minimum atomic E-state index is -3.32. The minimum absolute atomic E-state index is 0.00814. The number of para-hydroxylation sites is 2. The van der Waals surface area contributed by atoms with E-state index in [1.165, 1.54) is 0 Å². The molecule has 0 aliphatic carbocycles. The van der Waals surface area contributed by atoms with Gasteiger partial charge in [0.15, 0.2) is 0 Å². The number of hydrogen-bond acceptors (Lipinski definition) is 3. The normalized spacial score (nSPS) is 12.7. The van der Waals surface area contributed by atoms with Gasteiger partial charge in [-0.1, -0.05) is 35.9 Å². The first-order valence-electron chi connectivity index (χ1n) is 6.44. The van der Waals surface area contributed by atoms with Gasteiger partial charge >= 0.3 is 0 Å². The summed E-state index contributed by atoms with van der Waals surface area (Å²) in [6.07, 6.45) is 1.13. The Kier molecular flexibility index (Phi) is 4.75. The molecular formula is C15H17ClN2O2S. The Morgan fingerprint density at radius 1 is 1.05 bits per heavy atom. The molecule has 4 nitrogen and oxygen atoms in total. The molecule has 2 aromatic rings. The van der Waals surface area contributed by atoms with Crippen LogP contribution in [0.5, 0.6) is 0 Å². The quantitative estimate of drug-likeness (QED) is 0.877. The molecule has 0 aliphatic rings. The van der Waals surface area contributed by atoms with Crippen molar-refractivity contribution in [3.8, 4) is 0 Å². The van der Waals surface area contributed by atoms with Crippen molar-refractivity contribution in [1.82, 2.24) is 0 Å². The van der Waals surface area contributed by atoms with Gasteiger partial charge in [0, 0.05) is 11.1 Å². The average Bonchev–Trinajstić information content (AvgIpc) is 2.39. The molecule has 2 aromatic carbocycles. The van der Waals surface area contributed by atoms with Gasteiger partial charge in [0.1, 0.15) is 0 Å². The van der Waals surface area contributed by atoms with Crippen molar-refractivity contribution in [1.29, 1.82) is 0 Å². The molecule has 0 bridgehead atoms. The molecule has 1 unspecified atom stereocenters. The molecule has 0 saturated carbocycles. The van der Waals surface area contributed by atoms with Crippen LogP contribution in [-0.2, 0) is 10.0 Å². The fourth-order valence-electron chi connectivity index (χ4n) is 1.99. The number of anilines is 2. The Morgan fingerprint density at radius 2 is 1.71 bits per heavy atom. The topological polar surface area (TPSA) is 58.2 Å². The summed E-state index contributed by atoms with van der Waals surface area (Å²) in [5.74, 6) is 0. The highest BCUT2D eigenvalue weighted by atomic mass is 35.5. The van der Waals surface area contributed by atoms with Crippen LogP contribution in [0.4, 0.5) is 11.4 Å². The van der Waals surface area contributed by atoms with E-state index >= 15 is 0 Å². The van der Waals surface area contributed by atoms with E-state index in [4.69, 9.17) is 11.6 Å². The molecule has 2 rings (SSSR count). The molecule has 0 spiro atoms. The third-order valence-electron chi connectivity index (χ3n) is 2.94. The van der Waals surface area contributed by atoms with Gasteiger partial charge in [0.25, 0.3) is 0 Å². The number of nitrogens with one attached hydrogen (secondary N) is 2. The summed E-state index contributed by atoms with van der Waals surface area (Å²) in [7, 11) is -3.32. The molecule has 0 heterocycles. The van der Waals surface area contributed by atoms with Crippen molar-refractivity contribution < 1.29 is 8.42 Å². The first kappa shape index (κ1) is 15.7. The van der Waals surface area contributed by atoms with Crippen LogP contribution in [0.25, 0.3) is 0 Å². The fraction of sp³-hybridized carbons (Fsp3) is 0.200. The van der Waals surface area contributed by atoms with Gasteiger partial charge < -0.3 is 5.32 Å². The summed E-state index contributed by atoms with van der Waals surface area (Å²) in [5.41, 5.74) is 2.26. The summed E-state index contributed by atoms with van der Waals surface area (Å²) in [6.45, 7) is 1.99. The molecule has 0 fully saturated rings. The van der Waals surface area contributed by atoms with Crippen LogP contribution < -0.4 is 10.0 Å². The first-order valence-corrected chi connectivity index (χ1v) is 8.71. The largest absolute Gasteiger partial charge is 0.377 e. The zero-order valence-electron chi connectivity index (χ0n) is 11.8. The summed E-state index contributed by atoms with van der Waals surface area (Å²) in [6, 6.07) is 14.7. The van der Waals surface area contributed by atoms with Gasteiger partial charge in [-0.05, 0) is 36.8 Å². The fourth-order valence-corrected chi connectivity index (χ4v) is 2.77. The minimum Gasteiger partial charge on any atom is -0.377 e. The van der Waals surface area contributed by atoms with Crippen LogP contribution in [0.15, 0.2) is 48.5 Å². The second-order valence-corrected chi connectivity index (χ2v) is 7.03. The smallest absolute Gasteiger partial charge is 0.229 e. The molecular weight excluding hydrogens is 308 g/mol. The predicted octanol–water partition coefficient (Wildman–Crippen LogP) is 3.88. The first-order chi connectivity index (χ1) is 9.85. The van der Waals surface area contributed by atoms with E-state index in [2.05, 4.69) is 10.0 Å². The number of rotatable bonds is 5. The highest BCUT2D eigenvalue weighted by molar-refractivity contribution is 7.92. The molecule has 0 aliphatic heterocycles. The number of hydrogen-bond donors (Lipinski definition) is 2. The molecule has 0 radical (unpaired) electrons. The maximum Gasteiger partial charge on any atom is 0.229 e. The third-order valence-corrected chi connectivity index (χ3v) is 3.77. The van der Waals surface area contributed by atoms with Crippen molar-refractivity contribution in [2.75, 3.05) is 16.3 Å². The monoisotopic (exact) mass is 324 g/mol. The summed E-state index contributed by atoms with van der Waals surface area (Å²) >= 11 is 5.99. The van der Waals surface area contributed by atoms with Gasteiger partial charge in [0.2, 0.25) is 10.0 Å². The van der Waals surface area contributed by atoms with Crippen LogP contribution in [0.2, 0.25) is 5.02 Å². The van der Waals surface area contributed by atoms with Crippen molar-refractivity contribution in [3.05, 3.63) is 59.1 Å².